The van der Waals surface area contributed by atoms with Crippen LogP contribution in [-0.4, -0.2) is 21.6 Å². The highest BCUT2D eigenvalue weighted by Crippen LogP contribution is 2.30. The monoisotopic (exact) mass is 363 g/mol. The Morgan fingerprint density at radius 1 is 1.36 bits per heavy atom. The number of aryl methyl sites for hydroxylation is 1. The minimum atomic E-state index is -2.82. The number of pyridine rings is 1. The van der Waals surface area contributed by atoms with Crippen molar-refractivity contribution >= 4 is 23.3 Å². The fourth-order valence-electron chi connectivity index (χ4n) is 2.70. The Hall–Kier alpha value is -2.61. The van der Waals surface area contributed by atoms with E-state index in [1.165, 1.54) is 17.7 Å². The molecule has 0 bridgehead atoms. The molecule has 1 N–H and O–H groups in total. The average Bonchev–Trinajstić information content (AvgIpc) is 2.61. The van der Waals surface area contributed by atoms with E-state index in [0.29, 0.717) is 23.6 Å². The first-order valence-electron chi connectivity index (χ1n) is 7.56. The standard InChI is InChI=1S/C17H15F2N3O2S/c1-3-22-15-13(16(23)21-17(22)25)11(14(18)19)8-12(20-15)9-5-4-6-10(7-9)24-2/h4-8,14H,3H2,1-2H3,(H,21,23,25). The second-order valence-electron chi connectivity index (χ2n) is 5.33. The lowest BCUT2D eigenvalue weighted by molar-refractivity contribution is 0.153. The first kappa shape index (κ1) is 17.2. The molecule has 0 saturated heterocycles. The average molecular weight is 363 g/mol. The Balaban J connectivity index is 2.42. The van der Waals surface area contributed by atoms with Gasteiger partial charge in [0, 0.05) is 17.7 Å². The van der Waals surface area contributed by atoms with Crippen LogP contribution in [0.4, 0.5) is 8.78 Å². The summed E-state index contributed by atoms with van der Waals surface area (Å²) in [5.41, 5.74) is 0.0405. The van der Waals surface area contributed by atoms with Gasteiger partial charge in [-0.2, -0.15) is 0 Å². The first-order valence-corrected chi connectivity index (χ1v) is 7.97. The van der Waals surface area contributed by atoms with Gasteiger partial charge in [-0.25, -0.2) is 13.8 Å². The summed E-state index contributed by atoms with van der Waals surface area (Å²) >= 11 is 5.13. The number of hydrogen-bond acceptors (Lipinski definition) is 4. The van der Waals surface area contributed by atoms with Crippen LogP contribution in [0.5, 0.6) is 5.75 Å². The molecule has 0 amide bonds. The van der Waals surface area contributed by atoms with E-state index in [1.54, 1.807) is 31.2 Å². The van der Waals surface area contributed by atoms with Crippen LogP contribution >= 0.6 is 12.2 Å². The van der Waals surface area contributed by atoms with Gasteiger partial charge < -0.3 is 9.30 Å². The number of benzene rings is 1. The summed E-state index contributed by atoms with van der Waals surface area (Å²) in [6.45, 7) is 2.19. The normalized spacial score (nSPS) is 11.2. The smallest absolute Gasteiger partial charge is 0.264 e. The SMILES string of the molecule is CCn1c(=S)[nH]c(=O)c2c(C(F)F)cc(-c3cccc(OC)c3)nc21. The van der Waals surface area contributed by atoms with Crippen molar-refractivity contribution in [2.75, 3.05) is 7.11 Å². The highest BCUT2D eigenvalue weighted by molar-refractivity contribution is 7.71. The quantitative estimate of drug-likeness (QED) is 0.710. The Kier molecular flexibility index (Phi) is 4.63. The summed E-state index contributed by atoms with van der Waals surface area (Å²) in [7, 11) is 1.52. The Morgan fingerprint density at radius 3 is 2.76 bits per heavy atom. The van der Waals surface area contributed by atoms with Gasteiger partial charge in [0.1, 0.15) is 11.4 Å². The molecule has 0 saturated carbocycles. The van der Waals surface area contributed by atoms with Gasteiger partial charge in [-0.3, -0.25) is 9.78 Å². The third kappa shape index (κ3) is 3.05. The van der Waals surface area contributed by atoms with Gasteiger partial charge in [0.15, 0.2) is 4.77 Å². The number of H-pyrrole nitrogens is 1. The number of aromatic nitrogens is 3. The number of nitrogens with zero attached hydrogens (tertiary/aromatic N) is 2. The van der Waals surface area contributed by atoms with Crippen LogP contribution in [0.15, 0.2) is 35.1 Å². The van der Waals surface area contributed by atoms with Crippen LogP contribution in [0.25, 0.3) is 22.3 Å². The van der Waals surface area contributed by atoms with E-state index in [4.69, 9.17) is 17.0 Å². The maximum Gasteiger partial charge on any atom is 0.264 e. The van der Waals surface area contributed by atoms with Crippen LogP contribution < -0.4 is 10.3 Å². The molecule has 2 aromatic heterocycles. The molecule has 8 heteroatoms. The number of aromatic amines is 1. The molecule has 0 aliphatic rings. The molecule has 130 valence electrons. The summed E-state index contributed by atoms with van der Waals surface area (Å²) in [5.74, 6) is 0.580. The molecular formula is C17H15F2N3O2S. The van der Waals surface area contributed by atoms with Crippen LogP contribution in [0, 0.1) is 4.77 Å². The number of fused-ring (bicyclic) bond motifs is 1. The lowest BCUT2D eigenvalue weighted by Gasteiger charge is -2.13. The number of methoxy groups -OCH3 is 1. The van der Waals surface area contributed by atoms with Gasteiger partial charge in [-0.05, 0) is 37.3 Å². The second-order valence-corrected chi connectivity index (χ2v) is 5.72. The lowest BCUT2D eigenvalue weighted by Crippen LogP contribution is -2.17. The molecule has 0 unspecified atom stereocenters. The number of rotatable bonds is 4. The Labute approximate surface area is 146 Å². The summed E-state index contributed by atoms with van der Waals surface area (Å²) < 4.78 is 34.1. The largest absolute Gasteiger partial charge is 0.497 e. The van der Waals surface area contributed by atoms with Crippen molar-refractivity contribution in [3.05, 3.63) is 51.0 Å². The van der Waals surface area contributed by atoms with Crippen molar-refractivity contribution in [1.29, 1.82) is 0 Å². The number of nitrogens with one attached hydrogen (secondary N) is 1. The van der Waals surface area contributed by atoms with Gasteiger partial charge in [0.2, 0.25) is 0 Å². The molecule has 2 heterocycles. The van der Waals surface area contributed by atoms with E-state index >= 15 is 0 Å². The summed E-state index contributed by atoms with van der Waals surface area (Å²) in [4.78, 5) is 19.1. The van der Waals surface area contributed by atoms with Gasteiger partial charge in [0.25, 0.3) is 12.0 Å². The van der Waals surface area contributed by atoms with E-state index in [0.717, 1.165) is 0 Å². The maximum absolute atomic E-state index is 13.6. The molecule has 1 aromatic carbocycles. The van der Waals surface area contributed by atoms with E-state index in [-0.39, 0.29) is 21.4 Å². The van der Waals surface area contributed by atoms with Gasteiger partial charge in [0.05, 0.1) is 18.2 Å². The third-order valence-electron chi connectivity index (χ3n) is 3.90. The van der Waals surface area contributed by atoms with Gasteiger partial charge in [-0.1, -0.05) is 12.1 Å². The molecule has 0 aliphatic carbocycles. The zero-order valence-electron chi connectivity index (χ0n) is 13.5. The van der Waals surface area contributed by atoms with E-state index in [9.17, 15) is 13.6 Å². The Morgan fingerprint density at radius 2 is 2.12 bits per heavy atom. The minimum Gasteiger partial charge on any atom is -0.497 e. The summed E-state index contributed by atoms with van der Waals surface area (Å²) in [6, 6.07) is 8.16. The van der Waals surface area contributed by atoms with Gasteiger partial charge in [-0.15, -0.1) is 0 Å². The summed E-state index contributed by atoms with van der Waals surface area (Å²) in [5, 5.41) is -0.142. The fraction of sp³-hybridized carbons (Fsp3) is 0.235. The van der Waals surface area contributed by atoms with E-state index in [2.05, 4.69) is 9.97 Å². The molecule has 0 fully saturated rings. The van der Waals surface area contributed by atoms with E-state index in [1.807, 2.05) is 0 Å². The second kappa shape index (κ2) is 6.72. The number of hydrogen-bond donors (Lipinski definition) is 1. The molecular weight excluding hydrogens is 348 g/mol. The number of alkyl halides is 2. The van der Waals surface area contributed by atoms with Crippen molar-refractivity contribution in [2.45, 2.75) is 19.9 Å². The van der Waals surface area contributed by atoms with Crippen molar-refractivity contribution in [3.8, 4) is 17.0 Å². The summed E-state index contributed by atoms with van der Waals surface area (Å²) in [6.07, 6.45) is -2.82. The molecule has 3 aromatic rings. The van der Waals surface area contributed by atoms with Crippen LogP contribution in [-0.2, 0) is 6.54 Å². The van der Waals surface area contributed by atoms with Crippen molar-refractivity contribution in [2.24, 2.45) is 0 Å². The Bertz CT molecular complexity index is 1060. The van der Waals surface area contributed by atoms with Crippen LogP contribution in [0.2, 0.25) is 0 Å². The molecule has 0 radical (unpaired) electrons. The topological polar surface area (TPSA) is 59.9 Å². The first-order chi connectivity index (χ1) is 12.0. The maximum atomic E-state index is 13.6. The highest BCUT2D eigenvalue weighted by Gasteiger charge is 2.20. The fourth-order valence-corrected chi connectivity index (χ4v) is 3.01. The van der Waals surface area contributed by atoms with Crippen molar-refractivity contribution in [1.82, 2.24) is 14.5 Å². The van der Waals surface area contributed by atoms with Crippen LogP contribution in [0.3, 0.4) is 0 Å². The lowest BCUT2D eigenvalue weighted by atomic mass is 10.1. The zero-order chi connectivity index (χ0) is 18.1. The predicted octanol–water partition coefficient (Wildman–Crippen LogP) is 4.09. The minimum absolute atomic E-state index is 0.142. The van der Waals surface area contributed by atoms with Crippen molar-refractivity contribution in [3.63, 3.8) is 0 Å². The highest BCUT2D eigenvalue weighted by atomic mass is 32.1. The van der Waals surface area contributed by atoms with Crippen molar-refractivity contribution < 1.29 is 13.5 Å². The molecule has 5 nitrogen and oxygen atoms in total. The number of halogens is 2. The van der Waals surface area contributed by atoms with Crippen LogP contribution in [0.1, 0.15) is 18.9 Å². The molecule has 3 rings (SSSR count). The zero-order valence-corrected chi connectivity index (χ0v) is 14.4. The molecule has 0 spiro atoms. The molecule has 25 heavy (non-hydrogen) atoms. The molecule has 0 aliphatic heterocycles. The predicted molar refractivity (Wildman–Crippen MR) is 93.8 cm³/mol. The third-order valence-corrected chi connectivity index (χ3v) is 4.22. The van der Waals surface area contributed by atoms with Gasteiger partial charge >= 0.3 is 0 Å². The number of ether oxygens (including phenoxy) is 1. The van der Waals surface area contributed by atoms with E-state index < -0.39 is 12.0 Å². The molecule has 0 atom stereocenters.